The van der Waals surface area contributed by atoms with E-state index in [-0.39, 0.29) is 12.1 Å². The summed E-state index contributed by atoms with van der Waals surface area (Å²) in [4.78, 5) is 13.4. The summed E-state index contributed by atoms with van der Waals surface area (Å²) >= 11 is 6.52. The zero-order valence-corrected chi connectivity index (χ0v) is 21.0. The maximum absolute atomic E-state index is 11.7. The minimum Gasteiger partial charge on any atom is -0.489 e. The Labute approximate surface area is 201 Å². The number of piperidine rings is 1. The lowest BCUT2D eigenvalue weighted by Crippen LogP contribution is -2.58. The third-order valence-electron chi connectivity index (χ3n) is 6.50. The number of benzene rings is 1. The summed E-state index contributed by atoms with van der Waals surface area (Å²) in [7, 11) is -1.51. The van der Waals surface area contributed by atoms with Gasteiger partial charge in [-0.2, -0.15) is 4.31 Å². The van der Waals surface area contributed by atoms with Crippen LogP contribution in [0.3, 0.4) is 0 Å². The van der Waals surface area contributed by atoms with Crippen molar-refractivity contribution in [3.05, 3.63) is 46.7 Å². The first-order valence-corrected chi connectivity index (χ1v) is 13.6. The normalized spacial score (nSPS) is 18.5. The van der Waals surface area contributed by atoms with Gasteiger partial charge in [0.25, 0.3) is 0 Å². The molecule has 0 unspecified atom stereocenters. The van der Waals surface area contributed by atoms with Gasteiger partial charge in [-0.15, -0.1) is 0 Å². The summed E-state index contributed by atoms with van der Waals surface area (Å²) in [5, 5.41) is 0.610. The molecule has 0 bridgehead atoms. The van der Waals surface area contributed by atoms with Crippen LogP contribution in [0.25, 0.3) is 0 Å². The summed E-state index contributed by atoms with van der Waals surface area (Å²) in [6.45, 7) is 5.99. The van der Waals surface area contributed by atoms with E-state index in [9.17, 15) is 8.42 Å². The quantitative estimate of drug-likeness (QED) is 0.559. The van der Waals surface area contributed by atoms with Gasteiger partial charge in [0.1, 0.15) is 11.9 Å². The third-order valence-corrected chi connectivity index (χ3v) is 8.14. The number of hydrogen-bond acceptors (Lipinski definition) is 7. The van der Waals surface area contributed by atoms with Crippen LogP contribution in [0.1, 0.15) is 30.9 Å². The Morgan fingerprint density at radius 3 is 2.39 bits per heavy atom. The number of anilines is 1. The first-order chi connectivity index (χ1) is 15.7. The van der Waals surface area contributed by atoms with Gasteiger partial charge in [-0.3, -0.25) is 4.90 Å². The molecule has 0 saturated carbocycles. The van der Waals surface area contributed by atoms with Crippen LogP contribution in [0.15, 0.2) is 30.6 Å². The van der Waals surface area contributed by atoms with E-state index in [1.54, 1.807) is 7.05 Å². The third kappa shape index (κ3) is 5.95. The number of nitrogens with zero attached hydrogens (tertiary/aromatic N) is 5. The minimum atomic E-state index is -3.15. The molecular formula is C23H32ClN5O3S. The average molecular weight is 494 g/mol. The SMILES string of the molecule is CCc1cnc(N2CCC(Oc3ccc(CN4CC(N(C)S(C)(=O)=O)C4)cc3Cl)CC2)nc1. The molecule has 2 fully saturated rings. The van der Waals surface area contributed by atoms with Gasteiger partial charge in [-0.05, 0) is 29.7 Å². The molecule has 8 nitrogen and oxygen atoms in total. The monoisotopic (exact) mass is 493 g/mol. The Balaban J connectivity index is 1.25. The van der Waals surface area contributed by atoms with E-state index in [4.69, 9.17) is 16.3 Å². The summed E-state index contributed by atoms with van der Waals surface area (Å²) < 4.78 is 31.0. The molecule has 0 amide bonds. The smallest absolute Gasteiger partial charge is 0.225 e. The molecule has 10 heteroatoms. The van der Waals surface area contributed by atoms with Gasteiger partial charge in [-0.1, -0.05) is 24.6 Å². The number of hydrogen-bond donors (Lipinski definition) is 0. The lowest BCUT2D eigenvalue weighted by atomic mass is 10.1. The van der Waals surface area contributed by atoms with Crippen LogP contribution >= 0.6 is 11.6 Å². The molecule has 0 radical (unpaired) electrons. The maximum Gasteiger partial charge on any atom is 0.225 e. The zero-order valence-electron chi connectivity index (χ0n) is 19.4. The number of aryl methyl sites for hydroxylation is 1. The van der Waals surface area contributed by atoms with Crippen molar-refractivity contribution in [2.45, 2.75) is 44.9 Å². The Kier molecular flexibility index (Phi) is 7.43. The van der Waals surface area contributed by atoms with E-state index in [0.717, 1.165) is 69.1 Å². The van der Waals surface area contributed by atoms with E-state index in [2.05, 4.69) is 26.7 Å². The van der Waals surface area contributed by atoms with Crippen molar-refractivity contribution in [1.82, 2.24) is 19.2 Å². The molecule has 1 aromatic carbocycles. The van der Waals surface area contributed by atoms with E-state index in [0.29, 0.717) is 10.8 Å². The fourth-order valence-electron chi connectivity index (χ4n) is 4.22. The minimum absolute atomic E-state index is 0.0407. The molecule has 2 saturated heterocycles. The van der Waals surface area contributed by atoms with Crippen molar-refractivity contribution in [3.8, 4) is 5.75 Å². The Hall–Kier alpha value is -1.94. The van der Waals surface area contributed by atoms with Crippen LogP contribution in [0.4, 0.5) is 5.95 Å². The van der Waals surface area contributed by atoms with Crippen LogP contribution in [-0.4, -0.2) is 79.2 Å². The number of ether oxygens (including phenoxy) is 1. The van der Waals surface area contributed by atoms with Gasteiger partial charge >= 0.3 is 0 Å². The summed E-state index contributed by atoms with van der Waals surface area (Å²) in [6, 6.07) is 5.96. The molecule has 3 heterocycles. The summed E-state index contributed by atoms with van der Waals surface area (Å²) in [5.74, 6) is 1.49. The highest BCUT2D eigenvalue weighted by Gasteiger charge is 2.33. The summed E-state index contributed by atoms with van der Waals surface area (Å²) in [6.07, 6.45) is 7.87. The first-order valence-electron chi connectivity index (χ1n) is 11.4. The second-order valence-corrected chi connectivity index (χ2v) is 11.4. The molecule has 0 N–H and O–H groups in total. The molecule has 180 valence electrons. The van der Waals surface area contributed by atoms with Crippen LogP contribution in [0, 0.1) is 0 Å². The van der Waals surface area contributed by atoms with Crippen molar-refractivity contribution in [1.29, 1.82) is 0 Å². The van der Waals surface area contributed by atoms with E-state index in [1.807, 2.05) is 30.6 Å². The van der Waals surface area contributed by atoms with E-state index < -0.39 is 10.0 Å². The highest BCUT2D eigenvalue weighted by Crippen LogP contribution is 2.30. The van der Waals surface area contributed by atoms with Gasteiger partial charge in [0, 0.05) is 71.0 Å². The van der Waals surface area contributed by atoms with Gasteiger partial charge < -0.3 is 9.64 Å². The van der Waals surface area contributed by atoms with Crippen molar-refractivity contribution < 1.29 is 13.2 Å². The van der Waals surface area contributed by atoms with Crippen LogP contribution in [0.2, 0.25) is 5.02 Å². The second kappa shape index (κ2) is 10.1. The highest BCUT2D eigenvalue weighted by atomic mass is 35.5. The topological polar surface area (TPSA) is 78.9 Å². The molecule has 0 atom stereocenters. The number of aromatic nitrogens is 2. The van der Waals surface area contributed by atoms with Crippen LogP contribution < -0.4 is 9.64 Å². The van der Waals surface area contributed by atoms with Crippen molar-refractivity contribution in [2.24, 2.45) is 0 Å². The maximum atomic E-state index is 11.7. The molecule has 4 rings (SSSR count). The van der Waals surface area contributed by atoms with Gasteiger partial charge in [-0.25, -0.2) is 18.4 Å². The van der Waals surface area contributed by atoms with Crippen molar-refractivity contribution in [2.75, 3.05) is 44.4 Å². The highest BCUT2D eigenvalue weighted by molar-refractivity contribution is 7.88. The van der Waals surface area contributed by atoms with Crippen LogP contribution in [0.5, 0.6) is 5.75 Å². The number of halogens is 1. The second-order valence-electron chi connectivity index (χ2n) is 8.94. The standard InChI is InChI=1S/C23H32ClN5O3S/c1-4-17-12-25-23(26-13-17)29-9-7-20(8-10-29)32-22-6-5-18(11-21(22)24)14-28-15-19(16-28)27(2)33(3,30)31/h5-6,11-13,19-20H,4,7-10,14-16H2,1-3H3. The molecule has 33 heavy (non-hydrogen) atoms. The molecule has 0 spiro atoms. The number of likely N-dealkylation sites (tertiary alicyclic amines) is 1. The lowest BCUT2D eigenvalue weighted by Gasteiger charge is -2.43. The van der Waals surface area contributed by atoms with Gasteiger partial charge in [0.05, 0.1) is 11.3 Å². The molecular weight excluding hydrogens is 462 g/mol. The number of likely N-dealkylation sites (N-methyl/N-ethyl adjacent to an activating group) is 1. The zero-order chi connectivity index (χ0) is 23.6. The Morgan fingerprint density at radius 1 is 1.15 bits per heavy atom. The molecule has 2 aliphatic rings. The lowest BCUT2D eigenvalue weighted by molar-refractivity contribution is 0.0832. The largest absolute Gasteiger partial charge is 0.489 e. The fraction of sp³-hybridized carbons (Fsp3) is 0.565. The average Bonchev–Trinajstić information content (AvgIpc) is 2.77. The van der Waals surface area contributed by atoms with Gasteiger partial charge in [0.2, 0.25) is 16.0 Å². The first kappa shape index (κ1) is 24.2. The van der Waals surface area contributed by atoms with Gasteiger partial charge in [0.15, 0.2) is 0 Å². The fourth-order valence-corrected chi connectivity index (χ4v) is 5.14. The predicted octanol–water partition coefficient (Wildman–Crippen LogP) is 2.82. The Bertz CT molecular complexity index is 1050. The van der Waals surface area contributed by atoms with Crippen LogP contribution in [-0.2, 0) is 23.0 Å². The molecule has 2 aromatic rings. The van der Waals surface area contributed by atoms with E-state index in [1.165, 1.54) is 10.6 Å². The summed E-state index contributed by atoms with van der Waals surface area (Å²) in [5.41, 5.74) is 2.24. The predicted molar refractivity (Wildman–Crippen MR) is 130 cm³/mol. The molecule has 1 aromatic heterocycles. The number of sulfonamides is 1. The number of rotatable bonds is 8. The molecule has 2 aliphatic heterocycles. The Morgan fingerprint density at radius 2 is 1.82 bits per heavy atom. The van der Waals surface area contributed by atoms with Crippen molar-refractivity contribution in [3.63, 3.8) is 0 Å². The van der Waals surface area contributed by atoms with E-state index >= 15 is 0 Å². The molecule has 0 aliphatic carbocycles. The van der Waals surface area contributed by atoms with Crippen molar-refractivity contribution >= 4 is 27.6 Å².